The van der Waals surface area contributed by atoms with Crippen LogP contribution in [0.25, 0.3) is 11.0 Å². The van der Waals surface area contributed by atoms with Gasteiger partial charge in [0, 0.05) is 22.8 Å². The summed E-state index contributed by atoms with van der Waals surface area (Å²) >= 11 is 1.65. The third-order valence-electron chi connectivity index (χ3n) is 5.54. The van der Waals surface area contributed by atoms with Crippen LogP contribution in [-0.2, 0) is 21.4 Å². The van der Waals surface area contributed by atoms with Crippen molar-refractivity contribution >= 4 is 28.6 Å². The molecule has 0 unspecified atom stereocenters. The number of aryl methyl sites for hydroxylation is 1. The number of Topliss-reactive ketones (excluding diaryl/α,β-unsaturated/α-hetero) is 1. The van der Waals surface area contributed by atoms with Gasteiger partial charge in [0.15, 0.2) is 10.9 Å². The molecule has 0 saturated heterocycles. The maximum Gasteiger partial charge on any atom is 0.166 e. The number of H-pyrrole nitrogens is 1. The quantitative estimate of drug-likeness (QED) is 0.684. The molecule has 134 valence electrons. The molecule has 1 N–H and O–H groups in total. The van der Waals surface area contributed by atoms with E-state index in [1.54, 1.807) is 11.8 Å². The fourth-order valence-electron chi connectivity index (χ4n) is 3.97. The SMILES string of the molecule is Cc1cccnc1CSc1nc2cc3c(cc2[nH]1)C(C)(C)C(=O)C3(C)C. The van der Waals surface area contributed by atoms with Crippen molar-refractivity contribution < 1.29 is 4.79 Å². The lowest BCUT2D eigenvalue weighted by Gasteiger charge is -2.21. The number of ketones is 1. The van der Waals surface area contributed by atoms with E-state index in [0.29, 0.717) is 0 Å². The monoisotopic (exact) mass is 365 g/mol. The van der Waals surface area contributed by atoms with E-state index < -0.39 is 10.8 Å². The summed E-state index contributed by atoms with van der Waals surface area (Å²) in [6.45, 7) is 10.1. The zero-order chi connectivity index (χ0) is 18.7. The number of pyridine rings is 1. The normalized spacial score (nSPS) is 17.7. The molecule has 4 nitrogen and oxygen atoms in total. The van der Waals surface area contributed by atoms with Crippen LogP contribution in [0.1, 0.15) is 50.1 Å². The van der Waals surface area contributed by atoms with Crippen molar-refractivity contribution in [3.63, 3.8) is 0 Å². The third kappa shape index (κ3) is 2.49. The molecule has 0 fully saturated rings. The smallest absolute Gasteiger partial charge is 0.166 e. The number of hydrogen-bond acceptors (Lipinski definition) is 4. The Balaban J connectivity index is 1.70. The summed E-state index contributed by atoms with van der Waals surface area (Å²) in [4.78, 5) is 25.4. The molecule has 0 aliphatic heterocycles. The van der Waals surface area contributed by atoms with Crippen LogP contribution in [0.3, 0.4) is 0 Å². The number of imidazole rings is 1. The number of rotatable bonds is 3. The molecule has 0 saturated carbocycles. The first-order valence-corrected chi connectivity index (χ1v) is 9.83. The van der Waals surface area contributed by atoms with Crippen molar-refractivity contribution in [3.8, 4) is 0 Å². The molecule has 2 heterocycles. The Labute approximate surface area is 157 Å². The highest BCUT2D eigenvalue weighted by Gasteiger charge is 2.50. The highest BCUT2D eigenvalue weighted by molar-refractivity contribution is 7.98. The molecule has 0 spiro atoms. The molecule has 5 heteroatoms. The van der Waals surface area contributed by atoms with E-state index in [1.165, 1.54) is 5.56 Å². The number of fused-ring (bicyclic) bond motifs is 2. The molecule has 0 bridgehead atoms. The molecule has 3 aromatic rings. The van der Waals surface area contributed by atoms with Gasteiger partial charge in [0.05, 0.1) is 16.7 Å². The number of carbonyl (C=O) groups is 1. The topological polar surface area (TPSA) is 58.6 Å². The summed E-state index contributed by atoms with van der Waals surface area (Å²) in [5.74, 6) is 1.05. The minimum Gasteiger partial charge on any atom is -0.333 e. The number of benzene rings is 1. The number of aromatic nitrogens is 3. The summed E-state index contributed by atoms with van der Waals surface area (Å²) in [5, 5.41) is 0.885. The minimum absolute atomic E-state index is 0.271. The number of carbonyl (C=O) groups excluding carboxylic acids is 1. The highest BCUT2D eigenvalue weighted by atomic mass is 32.2. The first kappa shape index (κ1) is 17.3. The van der Waals surface area contributed by atoms with Crippen molar-refractivity contribution in [3.05, 3.63) is 52.8 Å². The summed E-state index contributed by atoms with van der Waals surface area (Å²) in [6.07, 6.45) is 1.83. The lowest BCUT2D eigenvalue weighted by Crippen LogP contribution is -2.33. The van der Waals surface area contributed by atoms with Gasteiger partial charge in [-0.05, 0) is 69.5 Å². The summed E-state index contributed by atoms with van der Waals surface area (Å²) in [6, 6.07) is 8.23. The first-order valence-electron chi connectivity index (χ1n) is 8.84. The van der Waals surface area contributed by atoms with Crippen molar-refractivity contribution in [2.45, 2.75) is 56.4 Å². The maximum atomic E-state index is 12.8. The Morgan fingerprint density at radius 2 is 1.81 bits per heavy atom. The Bertz CT molecular complexity index is 978. The average Bonchev–Trinajstić information content (AvgIpc) is 3.05. The molecular formula is C21H23N3OS. The second kappa shape index (κ2) is 5.68. The van der Waals surface area contributed by atoms with Crippen molar-refractivity contribution in [1.82, 2.24) is 15.0 Å². The number of aromatic amines is 1. The Kier molecular flexibility index (Phi) is 3.77. The molecular weight excluding hydrogens is 342 g/mol. The van der Waals surface area contributed by atoms with Gasteiger partial charge < -0.3 is 4.98 Å². The first-order chi connectivity index (χ1) is 12.2. The Hall–Kier alpha value is -2.14. The fourth-order valence-corrected chi connectivity index (χ4v) is 4.89. The van der Waals surface area contributed by atoms with Crippen LogP contribution in [0, 0.1) is 6.92 Å². The molecule has 2 aromatic heterocycles. The van der Waals surface area contributed by atoms with Gasteiger partial charge in [-0.3, -0.25) is 9.78 Å². The summed E-state index contributed by atoms with van der Waals surface area (Å²) in [7, 11) is 0. The molecule has 0 amide bonds. The van der Waals surface area contributed by atoms with Gasteiger partial charge in [0.2, 0.25) is 0 Å². The van der Waals surface area contributed by atoms with Gasteiger partial charge in [-0.2, -0.15) is 0 Å². The van der Waals surface area contributed by atoms with Gasteiger partial charge in [0.1, 0.15) is 0 Å². The molecule has 26 heavy (non-hydrogen) atoms. The predicted molar refractivity (Wildman–Crippen MR) is 106 cm³/mol. The predicted octanol–water partition coefficient (Wildman–Crippen LogP) is 4.70. The van der Waals surface area contributed by atoms with Gasteiger partial charge >= 0.3 is 0 Å². The number of nitrogens with zero attached hydrogens (tertiary/aromatic N) is 2. The van der Waals surface area contributed by atoms with E-state index in [-0.39, 0.29) is 5.78 Å². The van der Waals surface area contributed by atoms with E-state index in [0.717, 1.165) is 38.8 Å². The van der Waals surface area contributed by atoms with Crippen molar-refractivity contribution in [2.24, 2.45) is 0 Å². The second-order valence-corrected chi connectivity index (χ2v) is 9.06. The van der Waals surface area contributed by atoms with Crippen LogP contribution < -0.4 is 0 Å². The molecule has 1 aliphatic rings. The largest absolute Gasteiger partial charge is 0.333 e. The zero-order valence-electron chi connectivity index (χ0n) is 15.8. The van der Waals surface area contributed by atoms with Crippen LogP contribution in [0.15, 0.2) is 35.6 Å². The van der Waals surface area contributed by atoms with Crippen LogP contribution in [0.5, 0.6) is 0 Å². The fraction of sp³-hybridized carbons (Fsp3) is 0.381. The van der Waals surface area contributed by atoms with Gasteiger partial charge in [0.25, 0.3) is 0 Å². The third-order valence-corrected chi connectivity index (χ3v) is 6.43. The van der Waals surface area contributed by atoms with Gasteiger partial charge in [-0.15, -0.1) is 0 Å². The molecule has 1 aromatic carbocycles. The van der Waals surface area contributed by atoms with E-state index in [9.17, 15) is 4.79 Å². The minimum atomic E-state index is -0.468. The summed E-state index contributed by atoms with van der Waals surface area (Å²) < 4.78 is 0. The lowest BCUT2D eigenvalue weighted by molar-refractivity contribution is -0.126. The Morgan fingerprint density at radius 3 is 2.50 bits per heavy atom. The van der Waals surface area contributed by atoms with Crippen LogP contribution in [0.4, 0.5) is 0 Å². The van der Waals surface area contributed by atoms with Gasteiger partial charge in [-0.25, -0.2) is 4.98 Å². The van der Waals surface area contributed by atoms with Crippen LogP contribution >= 0.6 is 11.8 Å². The highest BCUT2D eigenvalue weighted by Crippen LogP contribution is 2.47. The van der Waals surface area contributed by atoms with Crippen molar-refractivity contribution in [1.29, 1.82) is 0 Å². The van der Waals surface area contributed by atoms with Crippen LogP contribution in [0.2, 0.25) is 0 Å². The number of thioether (sulfide) groups is 1. The lowest BCUT2D eigenvalue weighted by atomic mass is 9.80. The average molecular weight is 366 g/mol. The summed E-state index contributed by atoms with van der Waals surface area (Å²) in [5.41, 5.74) is 5.46. The maximum absolute atomic E-state index is 12.8. The molecule has 0 radical (unpaired) electrons. The molecule has 0 atom stereocenters. The Morgan fingerprint density at radius 1 is 1.12 bits per heavy atom. The van der Waals surface area contributed by atoms with Gasteiger partial charge in [-0.1, -0.05) is 17.8 Å². The van der Waals surface area contributed by atoms with E-state index in [1.807, 2.05) is 40.0 Å². The van der Waals surface area contributed by atoms with E-state index in [2.05, 4.69) is 35.1 Å². The molecule has 1 aliphatic carbocycles. The standard InChI is InChI=1S/C21H23N3OS/c1-12-7-6-8-22-17(12)11-26-19-23-15-9-13-14(10-16(15)24-19)21(4,5)18(25)20(13,2)3/h6-10H,11H2,1-5H3,(H,23,24). The van der Waals surface area contributed by atoms with E-state index in [4.69, 9.17) is 4.98 Å². The van der Waals surface area contributed by atoms with E-state index >= 15 is 0 Å². The van der Waals surface area contributed by atoms with Crippen molar-refractivity contribution in [2.75, 3.05) is 0 Å². The zero-order valence-corrected chi connectivity index (χ0v) is 16.6. The van der Waals surface area contributed by atoms with Crippen LogP contribution in [-0.4, -0.2) is 20.7 Å². The number of nitrogens with one attached hydrogen (secondary N) is 1. The molecule has 4 rings (SSSR count). The number of hydrogen-bond donors (Lipinski definition) is 1. The second-order valence-electron chi connectivity index (χ2n) is 8.09.